The number of hydrogen-bond donors (Lipinski definition) is 0. The molecule has 7 heteroatoms. The largest absolute Gasteiger partial charge is 0.397 e. The Hall–Kier alpha value is 0.547. The maximum atomic E-state index is 11.5. The van der Waals surface area contributed by atoms with Gasteiger partial charge in [-0.2, -0.15) is 13.2 Å². The van der Waals surface area contributed by atoms with Crippen LogP contribution < -0.4 is 0 Å². The Balaban J connectivity index is 3.15. The van der Waals surface area contributed by atoms with Gasteiger partial charge >= 0.3 is 6.18 Å². The summed E-state index contributed by atoms with van der Waals surface area (Å²) < 4.78 is 39.0. The monoisotopic (exact) mass is 226 g/mol. The summed E-state index contributed by atoms with van der Waals surface area (Å²) in [6.07, 6.45) is -4.90. The van der Waals surface area contributed by atoms with Crippen molar-refractivity contribution in [1.29, 1.82) is 0 Å². The van der Waals surface area contributed by atoms with Crippen molar-refractivity contribution >= 4 is 33.0 Å². The summed E-state index contributed by atoms with van der Waals surface area (Å²) in [6.45, 7) is 0. The molecule has 0 atom stereocenters. The first-order valence-electron chi connectivity index (χ1n) is 2.88. The van der Waals surface area contributed by atoms with Crippen LogP contribution in [-0.2, 0) is 4.43 Å². The zero-order valence-electron chi connectivity index (χ0n) is 5.50. The Morgan fingerprint density at radius 2 is 1.91 bits per heavy atom. The molecule has 0 radical (unpaired) electrons. The van der Waals surface area contributed by atoms with Crippen LogP contribution in [0.2, 0.25) is 6.04 Å². The lowest BCUT2D eigenvalue weighted by atomic mass is 10.5. The normalized spacial score (nSPS) is 13.6. The number of halogens is 5. The van der Waals surface area contributed by atoms with Gasteiger partial charge in [-0.1, -0.05) is 23.2 Å². The van der Waals surface area contributed by atoms with E-state index in [-0.39, 0.29) is 6.04 Å². The van der Waals surface area contributed by atoms with Crippen molar-refractivity contribution in [2.45, 2.75) is 23.7 Å². The summed E-state index contributed by atoms with van der Waals surface area (Å²) in [6, 6.07) is 0.0272. The predicted molar refractivity (Wildman–Crippen MR) is 40.6 cm³/mol. The van der Waals surface area contributed by atoms with E-state index in [2.05, 4.69) is 4.43 Å². The second-order valence-electron chi connectivity index (χ2n) is 1.85. The predicted octanol–water partition coefficient (Wildman–Crippen LogP) is 2.22. The molecule has 0 heterocycles. The minimum absolute atomic E-state index is 0.0272. The van der Waals surface area contributed by atoms with Crippen LogP contribution in [0.5, 0.6) is 0 Å². The molecule has 0 aliphatic heterocycles. The van der Waals surface area contributed by atoms with Crippen LogP contribution in [0.1, 0.15) is 6.42 Å². The third-order valence-electron chi connectivity index (χ3n) is 0.848. The lowest BCUT2D eigenvalue weighted by molar-refractivity contribution is -0.130. The van der Waals surface area contributed by atoms with Gasteiger partial charge in [0.1, 0.15) is 0 Å². The van der Waals surface area contributed by atoms with Gasteiger partial charge < -0.3 is 4.43 Å². The van der Waals surface area contributed by atoms with Crippen molar-refractivity contribution in [3.05, 3.63) is 0 Å². The summed E-state index contributed by atoms with van der Waals surface area (Å²) in [4.78, 5) is 0. The molecule has 0 bridgehead atoms. The van der Waals surface area contributed by atoms with E-state index in [0.717, 1.165) is 0 Å². The second-order valence-corrected chi connectivity index (χ2v) is 4.32. The van der Waals surface area contributed by atoms with Gasteiger partial charge in [0, 0.05) is 6.42 Å². The van der Waals surface area contributed by atoms with Crippen molar-refractivity contribution in [2.24, 2.45) is 0 Å². The van der Waals surface area contributed by atoms with E-state index in [1.54, 1.807) is 0 Å². The van der Waals surface area contributed by atoms with Gasteiger partial charge in [0.25, 0.3) is 0 Å². The lowest BCUT2D eigenvalue weighted by Gasteiger charge is -2.06. The fourth-order valence-corrected chi connectivity index (χ4v) is 1.87. The smallest absolute Gasteiger partial charge is 0.388 e. The molecule has 0 unspecified atom stereocenters. The molecule has 0 spiro atoms. The molecule has 0 aliphatic carbocycles. The summed E-state index contributed by atoms with van der Waals surface area (Å²) in [7, 11) is -1.20. The average molecular weight is 227 g/mol. The number of rotatable bonds is 4. The zero-order valence-corrected chi connectivity index (χ0v) is 8.42. The van der Waals surface area contributed by atoms with Crippen LogP contribution in [0.15, 0.2) is 0 Å². The summed E-state index contributed by atoms with van der Waals surface area (Å²) in [5.41, 5.74) is 0. The summed E-state index contributed by atoms with van der Waals surface area (Å²) >= 11 is 10.2. The van der Waals surface area contributed by atoms with Crippen LogP contribution in [0.4, 0.5) is 13.2 Å². The molecule has 0 saturated carbocycles. The molecule has 0 aromatic rings. The Bertz CT molecular complexity index is 108. The highest BCUT2D eigenvalue weighted by atomic mass is 35.5. The standard InChI is InChI=1S/C4H7Cl2F3OSi/c5-3(6)10-11-2-1-4(7,8)9/h3H,1-2,11H2. The molecule has 1 nitrogen and oxygen atoms in total. The van der Waals surface area contributed by atoms with Gasteiger partial charge in [-0.25, -0.2) is 0 Å². The van der Waals surface area contributed by atoms with Crippen molar-refractivity contribution in [3.63, 3.8) is 0 Å². The third kappa shape index (κ3) is 10.5. The van der Waals surface area contributed by atoms with Gasteiger partial charge in [0.2, 0.25) is 0 Å². The van der Waals surface area contributed by atoms with Crippen molar-refractivity contribution in [2.75, 3.05) is 0 Å². The molecule has 0 N–H and O–H groups in total. The average Bonchev–Trinajstić information content (AvgIpc) is 1.78. The highest BCUT2D eigenvalue weighted by Crippen LogP contribution is 2.21. The van der Waals surface area contributed by atoms with Gasteiger partial charge in [0.05, 0.1) is 0 Å². The molecule has 0 aliphatic rings. The Labute approximate surface area is 74.7 Å². The van der Waals surface area contributed by atoms with Crippen LogP contribution >= 0.6 is 23.2 Å². The highest BCUT2D eigenvalue weighted by molar-refractivity contribution is 6.45. The lowest BCUT2D eigenvalue weighted by Crippen LogP contribution is -2.10. The SMILES string of the molecule is FC(F)(F)CC[SiH2]OC(Cl)Cl. The van der Waals surface area contributed by atoms with Crippen molar-refractivity contribution < 1.29 is 17.6 Å². The quantitative estimate of drug-likeness (QED) is 0.406. The minimum Gasteiger partial charge on any atom is -0.397 e. The van der Waals surface area contributed by atoms with E-state index in [1.807, 2.05) is 0 Å². The Morgan fingerprint density at radius 3 is 2.27 bits per heavy atom. The highest BCUT2D eigenvalue weighted by Gasteiger charge is 2.26. The summed E-state index contributed by atoms with van der Waals surface area (Å²) in [5, 5.41) is -0.977. The van der Waals surface area contributed by atoms with E-state index >= 15 is 0 Å². The van der Waals surface area contributed by atoms with Crippen LogP contribution in [0.3, 0.4) is 0 Å². The number of hydrogen-bond acceptors (Lipinski definition) is 1. The third-order valence-corrected chi connectivity index (χ3v) is 2.73. The molecule has 0 amide bonds. The Morgan fingerprint density at radius 1 is 1.36 bits per heavy atom. The Kier molecular flexibility index (Phi) is 5.50. The minimum atomic E-state index is -4.09. The number of alkyl halides is 5. The molecule has 68 valence electrons. The maximum absolute atomic E-state index is 11.5. The van der Waals surface area contributed by atoms with Gasteiger partial charge in [0.15, 0.2) is 14.8 Å². The topological polar surface area (TPSA) is 9.23 Å². The fraction of sp³-hybridized carbons (Fsp3) is 1.00. The van der Waals surface area contributed by atoms with Crippen LogP contribution in [0.25, 0.3) is 0 Å². The maximum Gasteiger partial charge on any atom is 0.388 e. The van der Waals surface area contributed by atoms with Gasteiger partial charge in [-0.05, 0) is 6.04 Å². The van der Waals surface area contributed by atoms with Crippen molar-refractivity contribution in [1.82, 2.24) is 0 Å². The first-order chi connectivity index (χ1) is 4.92. The van der Waals surface area contributed by atoms with Crippen LogP contribution in [0, 0.1) is 0 Å². The molecule has 0 aromatic heterocycles. The van der Waals surface area contributed by atoms with E-state index < -0.39 is 27.4 Å². The first-order valence-corrected chi connectivity index (χ1v) is 5.33. The first kappa shape index (κ1) is 11.5. The van der Waals surface area contributed by atoms with E-state index in [9.17, 15) is 13.2 Å². The molecule has 0 fully saturated rings. The zero-order chi connectivity index (χ0) is 8.91. The molecular formula is C4H7Cl2F3OSi. The van der Waals surface area contributed by atoms with Gasteiger partial charge in [-0.15, -0.1) is 0 Å². The second kappa shape index (κ2) is 5.24. The van der Waals surface area contributed by atoms with Crippen LogP contribution in [-0.4, -0.2) is 21.0 Å². The molecule has 11 heavy (non-hydrogen) atoms. The van der Waals surface area contributed by atoms with Gasteiger partial charge in [-0.3, -0.25) is 0 Å². The fourth-order valence-electron chi connectivity index (χ4n) is 0.445. The van der Waals surface area contributed by atoms with E-state index in [1.165, 1.54) is 0 Å². The molecule has 0 saturated heterocycles. The molecule has 0 aromatic carbocycles. The molecule has 0 rings (SSSR count). The summed E-state index contributed by atoms with van der Waals surface area (Å²) in [5.74, 6) is 0. The van der Waals surface area contributed by atoms with E-state index in [4.69, 9.17) is 23.2 Å². The van der Waals surface area contributed by atoms with Crippen molar-refractivity contribution in [3.8, 4) is 0 Å². The van der Waals surface area contributed by atoms with E-state index in [0.29, 0.717) is 0 Å². The molecular weight excluding hydrogens is 220 g/mol.